The number of hydrogen-bond acceptors (Lipinski definition) is 2. The predicted octanol–water partition coefficient (Wildman–Crippen LogP) is 9.18. The summed E-state index contributed by atoms with van der Waals surface area (Å²) in [6.45, 7) is 0. The summed E-state index contributed by atoms with van der Waals surface area (Å²) in [6, 6.07) is 47.0. The van der Waals surface area contributed by atoms with Gasteiger partial charge in [-0.25, -0.2) is 0 Å². The van der Waals surface area contributed by atoms with Crippen LogP contribution in [-0.2, 0) is 15.6 Å². The van der Waals surface area contributed by atoms with Crippen LogP contribution in [0.25, 0.3) is 34.7 Å². The first-order chi connectivity index (χ1) is 22.5. The molecule has 2 heterocycles. The molecule has 4 aromatic carbocycles. The van der Waals surface area contributed by atoms with E-state index in [1.807, 2.05) is 36.7 Å². The second kappa shape index (κ2) is 11.9. The first-order valence-electron chi connectivity index (χ1n) is 15.7. The number of halogens is 2. The van der Waals surface area contributed by atoms with Gasteiger partial charge in [0.1, 0.15) is 0 Å². The SMILES string of the molecule is [Cl][Zr]([Cl])([CH]1C=Cc2c(-c3ccccn3)cccc21)([CH]1C=Cc2c(-c3ccccn3)cccc21)[SiH](c1ccccc1)c1ccccc1. The van der Waals surface area contributed by atoms with Gasteiger partial charge in [0.15, 0.2) is 0 Å². The molecular formula is C40H31Cl2N2SiZr. The summed E-state index contributed by atoms with van der Waals surface area (Å²) in [5.41, 5.74) is 8.90. The molecular weight excluding hydrogens is 699 g/mol. The normalized spacial score (nSPS) is 17.4. The average molecular weight is 730 g/mol. The first kappa shape index (κ1) is 29.7. The third-order valence-corrected chi connectivity index (χ3v) is 51.9. The second-order valence-corrected chi connectivity index (χ2v) is 50.6. The third kappa shape index (κ3) is 4.78. The standard InChI is InChI=1S/2C14H10N.C12H11Si.2ClH.Zr/c2*1-2-10-15-14(9-1)13-8-4-6-11-5-3-7-12(11)13;1-3-7-11(8-4-1)13-12-9-5-2-6-10-12;;;/h2*1-10H;1-10,13H;2*1H;/q;;;;;+2/p-2. The molecule has 8 rings (SSSR count). The number of benzene rings is 4. The minimum absolute atomic E-state index is 0.0976. The molecule has 0 fully saturated rings. The van der Waals surface area contributed by atoms with Crippen molar-refractivity contribution in [1.82, 2.24) is 9.97 Å². The molecule has 0 aliphatic heterocycles. The molecule has 46 heavy (non-hydrogen) atoms. The van der Waals surface area contributed by atoms with E-state index in [9.17, 15) is 0 Å². The van der Waals surface area contributed by atoms with Crippen LogP contribution in [0.1, 0.15) is 29.5 Å². The van der Waals surface area contributed by atoms with Crippen molar-refractivity contribution < 1.29 is 15.6 Å². The zero-order valence-electron chi connectivity index (χ0n) is 25.0. The van der Waals surface area contributed by atoms with Gasteiger partial charge in [-0.3, -0.25) is 0 Å². The van der Waals surface area contributed by atoms with E-state index in [1.54, 1.807) is 0 Å². The van der Waals surface area contributed by atoms with Gasteiger partial charge >= 0.3 is 281 Å². The van der Waals surface area contributed by atoms with Gasteiger partial charge in [0, 0.05) is 0 Å². The fraction of sp³-hybridized carbons (Fsp3) is 0.0500. The second-order valence-electron chi connectivity index (χ2n) is 12.2. The maximum atomic E-state index is 8.80. The Balaban J connectivity index is 1.40. The van der Waals surface area contributed by atoms with Gasteiger partial charge in [0.25, 0.3) is 0 Å². The number of allylic oxidation sites excluding steroid dienone is 2. The molecule has 2 nitrogen and oxygen atoms in total. The predicted molar refractivity (Wildman–Crippen MR) is 194 cm³/mol. The van der Waals surface area contributed by atoms with E-state index < -0.39 is 21.5 Å². The van der Waals surface area contributed by atoms with Crippen LogP contribution < -0.4 is 10.4 Å². The minimum atomic E-state index is -5.24. The van der Waals surface area contributed by atoms with Gasteiger partial charge in [0.2, 0.25) is 0 Å². The van der Waals surface area contributed by atoms with Gasteiger partial charge in [-0.1, -0.05) is 0 Å². The molecule has 2 aliphatic rings. The summed E-state index contributed by atoms with van der Waals surface area (Å²) < 4.78 is -0.195. The van der Waals surface area contributed by atoms with Crippen LogP contribution in [0.15, 0.2) is 158 Å². The number of pyridine rings is 2. The molecule has 2 aliphatic carbocycles. The fourth-order valence-corrected chi connectivity index (χ4v) is 53.2. The van der Waals surface area contributed by atoms with Crippen molar-refractivity contribution in [2.24, 2.45) is 0 Å². The fourth-order valence-electron chi connectivity index (χ4n) is 7.80. The molecule has 0 saturated carbocycles. The molecule has 223 valence electrons. The van der Waals surface area contributed by atoms with Crippen molar-refractivity contribution in [1.29, 1.82) is 0 Å². The third-order valence-electron chi connectivity index (χ3n) is 9.75. The van der Waals surface area contributed by atoms with Crippen LogP contribution in [0.4, 0.5) is 0 Å². The Kier molecular flexibility index (Phi) is 7.66. The van der Waals surface area contributed by atoms with E-state index in [0.29, 0.717) is 0 Å². The van der Waals surface area contributed by atoms with Gasteiger partial charge in [0.05, 0.1) is 0 Å². The van der Waals surface area contributed by atoms with Crippen LogP contribution in [0.3, 0.4) is 0 Å². The monoisotopic (exact) mass is 727 g/mol. The molecule has 0 bridgehead atoms. The Morgan fingerprint density at radius 1 is 0.478 bits per heavy atom. The van der Waals surface area contributed by atoms with Crippen molar-refractivity contribution in [3.63, 3.8) is 0 Å². The molecule has 0 saturated heterocycles. The van der Waals surface area contributed by atoms with Crippen molar-refractivity contribution in [3.8, 4) is 22.5 Å². The van der Waals surface area contributed by atoms with Crippen LogP contribution >= 0.6 is 17.0 Å². The summed E-state index contributed by atoms with van der Waals surface area (Å²) in [5.74, 6) is -2.29. The summed E-state index contributed by atoms with van der Waals surface area (Å²) in [4.78, 5) is 9.43. The Morgan fingerprint density at radius 3 is 1.33 bits per heavy atom. The zero-order valence-corrected chi connectivity index (χ0v) is 30.2. The number of fused-ring (bicyclic) bond motifs is 2. The van der Waals surface area contributed by atoms with E-state index in [-0.39, 0.29) is 7.25 Å². The van der Waals surface area contributed by atoms with Gasteiger partial charge in [-0.05, 0) is 0 Å². The van der Waals surface area contributed by atoms with Gasteiger partial charge in [-0.15, -0.1) is 0 Å². The summed E-state index contributed by atoms with van der Waals surface area (Å²) in [6.07, 6.45) is 12.9. The molecule has 0 spiro atoms. The molecule has 2 unspecified atom stereocenters. The maximum absolute atomic E-state index is 8.80. The Hall–Kier alpha value is -3.66. The Bertz CT molecular complexity index is 1950. The number of aromatic nitrogens is 2. The topological polar surface area (TPSA) is 25.8 Å². The molecule has 0 radical (unpaired) electrons. The zero-order chi connectivity index (χ0) is 31.2. The molecule has 6 aromatic rings. The summed E-state index contributed by atoms with van der Waals surface area (Å²) in [7, 11) is 17.6. The van der Waals surface area contributed by atoms with E-state index in [1.165, 1.54) is 32.6 Å². The number of hydrogen-bond donors (Lipinski definition) is 0. The Labute approximate surface area is 278 Å². The first-order valence-corrected chi connectivity index (χ1v) is 30.8. The summed E-state index contributed by atoms with van der Waals surface area (Å²) >= 11 is -5.24. The molecule has 6 heteroatoms. The van der Waals surface area contributed by atoms with Gasteiger partial charge < -0.3 is 0 Å². The Morgan fingerprint density at radius 2 is 0.913 bits per heavy atom. The molecule has 2 atom stereocenters. The quantitative estimate of drug-likeness (QED) is 0.153. The van der Waals surface area contributed by atoms with Crippen molar-refractivity contribution in [3.05, 3.63) is 180 Å². The summed E-state index contributed by atoms with van der Waals surface area (Å²) in [5, 5.41) is 2.57. The van der Waals surface area contributed by atoms with Crippen molar-refractivity contribution >= 4 is 45.5 Å². The average Bonchev–Trinajstić information content (AvgIpc) is 3.77. The van der Waals surface area contributed by atoms with E-state index >= 15 is 0 Å². The van der Waals surface area contributed by atoms with Crippen molar-refractivity contribution in [2.45, 2.75) is 7.25 Å². The molecule has 2 aromatic heterocycles. The molecule has 0 amide bonds. The van der Waals surface area contributed by atoms with Crippen LogP contribution in [0, 0.1) is 0 Å². The van der Waals surface area contributed by atoms with Crippen LogP contribution in [-0.4, -0.2) is 15.9 Å². The van der Waals surface area contributed by atoms with E-state index in [2.05, 4.69) is 133 Å². The van der Waals surface area contributed by atoms with Crippen molar-refractivity contribution in [2.75, 3.05) is 0 Å². The number of rotatable bonds is 7. The van der Waals surface area contributed by atoms with Gasteiger partial charge in [-0.2, -0.15) is 0 Å². The van der Waals surface area contributed by atoms with E-state index in [0.717, 1.165) is 22.5 Å². The molecule has 0 N–H and O–H groups in total. The van der Waals surface area contributed by atoms with Crippen LogP contribution in [0.5, 0.6) is 0 Å². The van der Waals surface area contributed by atoms with Crippen LogP contribution in [0.2, 0.25) is 0 Å². The number of nitrogens with zero attached hydrogens (tertiary/aromatic N) is 2. The van der Waals surface area contributed by atoms with E-state index in [4.69, 9.17) is 27.0 Å².